The SMILES string of the molecule is CCC1C(C)C1OCCOC1COC(c2ccccc2)OC1. The molecule has 0 radical (unpaired) electrons. The number of hydrogen-bond donors (Lipinski definition) is 0. The lowest BCUT2D eigenvalue weighted by atomic mass is 10.2. The molecule has 1 aliphatic carbocycles. The van der Waals surface area contributed by atoms with Crippen molar-refractivity contribution in [2.45, 2.75) is 38.8 Å². The van der Waals surface area contributed by atoms with E-state index in [-0.39, 0.29) is 12.4 Å². The lowest BCUT2D eigenvalue weighted by Gasteiger charge is -2.29. The molecule has 0 spiro atoms. The normalized spacial score (nSPS) is 34.5. The van der Waals surface area contributed by atoms with Crippen LogP contribution in [0.5, 0.6) is 0 Å². The van der Waals surface area contributed by atoms with Crippen LogP contribution in [0.2, 0.25) is 0 Å². The second-order valence-electron chi connectivity index (χ2n) is 6.17. The molecule has 2 aliphatic rings. The Morgan fingerprint density at radius 2 is 1.73 bits per heavy atom. The predicted octanol–water partition coefficient (Wildman–Crippen LogP) is 3.18. The smallest absolute Gasteiger partial charge is 0.184 e. The number of ether oxygens (including phenoxy) is 4. The van der Waals surface area contributed by atoms with E-state index < -0.39 is 0 Å². The molecular formula is C18H26O4. The summed E-state index contributed by atoms with van der Waals surface area (Å²) >= 11 is 0. The topological polar surface area (TPSA) is 36.9 Å². The molecule has 22 heavy (non-hydrogen) atoms. The molecule has 3 unspecified atom stereocenters. The first kappa shape index (κ1) is 15.9. The first-order valence-corrected chi connectivity index (χ1v) is 8.31. The van der Waals surface area contributed by atoms with Crippen molar-refractivity contribution in [3.63, 3.8) is 0 Å². The summed E-state index contributed by atoms with van der Waals surface area (Å²) < 4.78 is 23.1. The zero-order chi connectivity index (χ0) is 15.4. The van der Waals surface area contributed by atoms with E-state index in [9.17, 15) is 0 Å². The predicted molar refractivity (Wildman–Crippen MR) is 83.5 cm³/mol. The summed E-state index contributed by atoms with van der Waals surface area (Å²) in [6.45, 7) is 6.87. The molecule has 4 heteroatoms. The van der Waals surface area contributed by atoms with E-state index >= 15 is 0 Å². The Hall–Kier alpha value is -0.940. The molecule has 0 amide bonds. The fourth-order valence-electron chi connectivity index (χ4n) is 3.17. The summed E-state index contributed by atoms with van der Waals surface area (Å²) in [4.78, 5) is 0. The van der Waals surface area contributed by atoms with Crippen LogP contribution in [0.1, 0.15) is 32.1 Å². The van der Waals surface area contributed by atoms with E-state index in [1.807, 2.05) is 30.3 Å². The average molecular weight is 306 g/mol. The maximum absolute atomic E-state index is 5.84. The lowest BCUT2D eigenvalue weighted by molar-refractivity contribution is -0.232. The van der Waals surface area contributed by atoms with Crippen molar-refractivity contribution in [3.05, 3.63) is 35.9 Å². The van der Waals surface area contributed by atoms with Crippen molar-refractivity contribution in [2.75, 3.05) is 26.4 Å². The highest BCUT2D eigenvalue weighted by atomic mass is 16.7. The van der Waals surface area contributed by atoms with Crippen LogP contribution in [0, 0.1) is 11.8 Å². The zero-order valence-electron chi connectivity index (χ0n) is 13.4. The largest absolute Gasteiger partial charge is 0.375 e. The first-order valence-electron chi connectivity index (χ1n) is 8.31. The summed E-state index contributed by atoms with van der Waals surface area (Å²) in [6, 6.07) is 10.00. The van der Waals surface area contributed by atoms with Gasteiger partial charge in [-0.15, -0.1) is 0 Å². The third kappa shape index (κ3) is 3.87. The molecular weight excluding hydrogens is 280 g/mol. The molecule has 4 nitrogen and oxygen atoms in total. The summed E-state index contributed by atoms with van der Waals surface area (Å²) in [5.74, 6) is 1.45. The van der Waals surface area contributed by atoms with Gasteiger partial charge < -0.3 is 18.9 Å². The Bertz CT molecular complexity index is 442. The van der Waals surface area contributed by atoms with Crippen LogP contribution in [0.15, 0.2) is 30.3 Å². The summed E-state index contributed by atoms with van der Waals surface area (Å²) in [7, 11) is 0. The summed E-state index contributed by atoms with van der Waals surface area (Å²) in [6.07, 6.45) is 1.38. The van der Waals surface area contributed by atoms with E-state index in [4.69, 9.17) is 18.9 Å². The standard InChI is InChI=1S/C18H26O4/c1-3-16-13(2)17(16)20-10-9-19-15-11-21-18(22-12-15)14-7-5-4-6-8-14/h4-8,13,15-18H,3,9-12H2,1-2H3. The molecule has 1 aromatic carbocycles. The van der Waals surface area contributed by atoms with Gasteiger partial charge in [-0.1, -0.05) is 50.6 Å². The Labute approximate surface area is 132 Å². The Morgan fingerprint density at radius 3 is 2.36 bits per heavy atom. The Morgan fingerprint density at radius 1 is 1.05 bits per heavy atom. The molecule has 122 valence electrons. The van der Waals surface area contributed by atoms with Gasteiger partial charge >= 0.3 is 0 Å². The van der Waals surface area contributed by atoms with Crippen molar-refractivity contribution in [3.8, 4) is 0 Å². The molecule has 1 aromatic rings. The van der Waals surface area contributed by atoms with Crippen LogP contribution in [0.25, 0.3) is 0 Å². The van der Waals surface area contributed by atoms with Crippen molar-refractivity contribution in [1.29, 1.82) is 0 Å². The van der Waals surface area contributed by atoms with Crippen LogP contribution in [-0.2, 0) is 18.9 Å². The van der Waals surface area contributed by atoms with Gasteiger partial charge in [0.2, 0.25) is 0 Å². The fraction of sp³-hybridized carbons (Fsp3) is 0.667. The van der Waals surface area contributed by atoms with E-state index in [0.717, 1.165) is 11.5 Å². The maximum Gasteiger partial charge on any atom is 0.184 e. The summed E-state index contributed by atoms with van der Waals surface area (Å²) in [5, 5.41) is 0. The van der Waals surface area contributed by atoms with Crippen molar-refractivity contribution in [1.82, 2.24) is 0 Å². The minimum Gasteiger partial charge on any atom is -0.375 e. The van der Waals surface area contributed by atoms with Gasteiger partial charge in [-0.25, -0.2) is 0 Å². The lowest BCUT2D eigenvalue weighted by Crippen LogP contribution is -2.34. The van der Waals surface area contributed by atoms with Crippen LogP contribution < -0.4 is 0 Å². The van der Waals surface area contributed by atoms with Crippen molar-refractivity contribution < 1.29 is 18.9 Å². The Kier molecular flexibility index (Phi) is 5.47. The molecule has 1 saturated carbocycles. The first-order chi connectivity index (χ1) is 10.8. The maximum atomic E-state index is 5.84. The van der Waals surface area contributed by atoms with Gasteiger partial charge in [0.15, 0.2) is 6.29 Å². The number of rotatable bonds is 7. The second kappa shape index (κ2) is 7.55. The number of hydrogen-bond acceptors (Lipinski definition) is 4. The van der Waals surface area contributed by atoms with Gasteiger partial charge in [0, 0.05) is 5.56 Å². The molecule has 1 saturated heterocycles. The number of benzene rings is 1. The van der Waals surface area contributed by atoms with Crippen LogP contribution >= 0.6 is 0 Å². The van der Waals surface area contributed by atoms with Crippen LogP contribution in [0.3, 0.4) is 0 Å². The zero-order valence-corrected chi connectivity index (χ0v) is 13.4. The molecule has 2 fully saturated rings. The Balaban J connectivity index is 1.30. The summed E-state index contributed by atoms with van der Waals surface area (Å²) in [5.41, 5.74) is 1.05. The van der Waals surface area contributed by atoms with Crippen molar-refractivity contribution in [2.24, 2.45) is 11.8 Å². The van der Waals surface area contributed by atoms with Crippen molar-refractivity contribution >= 4 is 0 Å². The molecule has 3 rings (SSSR count). The fourth-order valence-corrected chi connectivity index (χ4v) is 3.17. The van der Waals surface area contributed by atoms with E-state index in [2.05, 4.69) is 13.8 Å². The second-order valence-corrected chi connectivity index (χ2v) is 6.17. The van der Waals surface area contributed by atoms with E-state index in [1.165, 1.54) is 6.42 Å². The minimum absolute atomic E-state index is 0.00200. The van der Waals surface area contributed by atoms with Gasteiger partial charge in [0.05, 0.1) is 32.5 Å². The molecule has 0 bridgehead atoms. The molecule has 3 atom stereocenters. The average Bonchev–Trinajstić information content (AvgIpc) is 3.21. The van der Waals surface area contributed by atoms with Crippen LogP contribution in [0.4, 0.5) is 0 Å². The highest BCUT2D eigenvalue weighted by molar-refractivity contribution is 5.16. The van der Waals surface area contributed by atoms with Gasteiger partial charge in [-0.2, -0.15) is 0 Å². The van der Waals surface area contributed by atoms with E-state index in [1.54, 1.807) is 0 Å². The van der Waals surface area contributed by atoms with E-state index in [0.29, 0.717) is 38.4 Å². The molecule has 1 heterocycles. The van der Waals surface area contributed by atoms with Crippen LogP contribution in [-0.4, -0.2) is 38.6 Å². The molecule has 0 N–H and O–H groups in total. The highest BCUT2D eigenvalue weighted by Crippen LogP contribution is 2.43. The third-order valence-corrected chi connectivity index (χ3v) is 4.63. The minimum atomic E-state index is -0.269. The highest BCUT2D eigenvalue weighted by Gasteiger charge is 2.46. The third-order valence-electron chi connectivity index (χ3n) is 4.63. The van der Waals surface area contributed by atoms with Gasteiger partial charge in [0.1, 0.15) is 6.10 Å². The van der Waals surface area contributed by atoms with Gasteiger partial charge in [0.25, 0.3) is 0 Å². The van der Waals surface area contributed by atoms with Gasteiger partial charge in [-0.05, 0) is 11.8 Å². The monoisotopic (exact) mass is 306 g/mol. The quantitative estimate of drug-likeness (QED) is 0.725. The molecule has 1 aliphatic heterocycles. The van der Waals surface area contributed by atoms with Gasteiger partial charge in [-0.3, -0.25) is 0 Å². The molecule has 0 aromatic heterocycles.